The summed E-state index contributed by atoms with van der Waals surface area (Å²) in [4.78, 5) is 5.56. The molecule has 1 unspecified atom stereocenters. The Bertz CT molecular complexity index is 728. The fourth-order valence-electron chi connectivity index (χ4n) is 5.24. The van der Waals surface area contributed by atoms with Crippen molar-refractivity contribution in [2.24, 2.45) is 0 Å². The van der Waals surface area contributed by atoms with Crippen molar-refractivity contribution in [2.75, 3.05) is 19.6 Å². The van der Waals surface area contributed by atoms with E-state index in [4.69, 9.17) is 0 Å². The minimum atomic E-state index is 0.734. The Labute approximate surface area is 151 Å². The summed E-state index contributed by atoms with van der Waals surface area (Å²) in [6.07, 6.45) is 6.47. The van der Waals surface area contributed by atoms with Gasteiger partial charge in [0.25, 0.3) is 0 Å². The number of fused-ring (bicyclic) bond motifs is 2. The van der Waals surface area contributed by atoms with E-state index >= 15 is 0 Å². The molecule has 25 heavy (non-hydrogen) atoms. The molecular formula is C23H28N2. The normalized spacial score (nSPS) is 24.9. The lowest BCUT2D eigenvalue weighted by Crippen LogP contribution is -2.52. The lowest BCUT2D eigenvalue weighted by Gasteiger charge is -2.43. The Kier molecular flexibility index (Phi) is 4.11. The number of piperidine rings is 1. The van der Waals surface area contributed by atoms with Crippen molar-refractivity contribution >= 4 is 0 Å². The Morgan fingerprint density at radius 2 is 1.36 bits per heavy atom. The van der Waals surface area contributed by atoms with E-state index in [0.717, 1.165) is 18.6 Å². The number of benzene rings is 2. The molecule has 2 aromatic carbocycles. The lowest BCUT2D eigenvalue weighted by molar-refractivity contribution is 0.0654. The molecule has 0 spiro atoms. The first kappa shape index (κ1) is 15.6. The van der Waals surface area contributed by atoms with Crippen molar-refractivity contribution in [3.63, 3.8) is 0 Å². The highest BCUT2D eigenvalue weighted by Gasteiger charge is 2.33. The maximum atomic E-state index is 2.80. The highest BCUT2D eigenvalue weighted by molar-refractivity contribution is 5.33. The van der Waals surface area contributed by atoms with E-state index in [1.807, 2.05) is 0 Å². The molecule has 2 heteroatoms. The molecule has 0 aromatic heterocycles. The molecule has 0 saturated carbocycles. The number of likely N-dealkylation sites (tertiary alicyclic amines) is 1. The van der Waals surface area contributed by atoms with Crippen LogP contribution in [0, 0.1) is 0 Å². The van der Waals surface area contributed by atoms with Gasteiger partial charge in [-0.15, -0.1) is 0 Å². The van der Waals surface area contributed by atoms with E-state index in [1.54, 1.807) is 22.3 Å². The molecule has 0 radical (unpaired) electrons. The number of rotatable bonds is 2. The highest BCUT2D eigenvalue weighted by atomic mass is 15.2. The van der Waals surface area contributed by atoms with Gasteiger partial charge in [-0.25, -0.2) is 0 Å². The summed E-state index contributed by atoms with van der Waals surface area (Å²) >= 11 is 0. The van der Waals surface area contributed by atoms with Gasteiger partial charge in [0.2, 0.25) is 0 Å². The van der Waals surface area contributed by atoms with E-state index in [0.29, 0.717) is 0 Å². The Balaban J connectivity index is 1.26. The molecule has 0 amide bonds. The van der Waals surface area contributed by atoms with E-state index in [2.05, 4.69) is 58.3 Å². The highest BCUT2D eigenvalue weighted by Crippen LogP contribution is 2.30. The fraction of sp³-hybridized carbons (Fsp3) is 0.478. The number of hydrogen-bond donors (Lipinski definition) is 0. The average molecular weight is 332 g/mol. The molecule has 0 bridgehead atoms. The lowest BCUT2D eigenvalue weighted by atomic mass is 9.95. The van der Waals surface area contributed by atoms with Gasteiger partial charge >= 0.3 is 0 Å². The van der Waals surface area contributed by atoms with Gasteiger partial charge < -0.3 is 0 Å². The maximum Gasteiger partial charge on any atom is 0.0240 e. The van der Waals surface area contributed by atoms with Crippen LogP contribution in [0.2, 0.25) is 0 Å². The van der Waals surface area contributed by atoms with Gasteiger partial charge in [0.05, 0.1) is 0 Å². The maximum absolute atomic E-state index is 2.80. The summed E-state index contributed by atoms with van der Waals surface area (Å²) in [5.74, 6) is 0. The van der Waals surface area contributed by atoms with E-state index in [-0.39, 0.29) is 0 Å². The molecule has 1 fully saturated rings. The van der Waals surface area contributed by atoms with Crippen LogP contribution in [0.25, 0.3) is 0 Å². The van der Waals surface area contributed by atoms with Gasteiger partial charge in [-0.2, -0.15) is 0 Å². The minimum Gasteiger partial charge on any atom is -0.298 e. The van der Waals surface area contributed by atoms with Crippen LogP contribution in [0.15, 0.2) is 48.5 Å². The quantitative estimate of drug-likeness (QED) is 0.828. The monoisotopic (exact) mass is 332 g/mol. The molecule has 3 aliphatic rings. The first-order valence-corrected chi connectivity index (χ1v) is 9.98. The molecule has 1 saturated heterocycles. The zero-order chi connectivity index (χ0) is 16.6. The first-order valence-electron chi connectivity index (χ1n) is 9.98. The summed E-state index contributed by atoms with van der Waals surface area (Å²) in [5.41, 5.74) is 6.29. The Morgan fingerprint density at radius 3 is 2.12 bits per heavy atom. The second-order valence-corrected chi connectivity index (χ2v) is 8.11. The van der Waals surface area contributed by atoms with Crippen LogP contribution < -0.4 is 0 Å². The van der Waals surface area contributed by atoms with Gasteiger partial charge in [-0.1, -0.05) is 48.5 Å². The van der Waals surface area contributed by atoms with Gasteiger partial charge in [0.15, 0.2) is 0 Å². The fourth-order valence-corrected chi connectivity index (χ4v) is 5.24. The van der Waals surface area contributed by atoms with Gasteiger partial charge in [0.1, 0.15) is 0 Å². The molecule has 1 aliphatic carbocycles. The summed E-state index contributed by atoms with van der Waals surface area (Å²) in [6, 6.07) is 19.6. The predicted molar refractivity (Wildman–Crippen MR) is 103 cm³/mol. The molecule has 5 rings (SSSR count). The summed E-state index contributed by atoms with van der Waals surface area (Å²) in [7, 11) is 0. The number of nitrogens with zero attached hydrogens (tertiary/aromatic N) is 2. The third kappa shape index (κ3) is 3.02. The van der Waals surface area contributed by atoms with Crippen molar-refractivity contribution < 1.29 is 0 Å². The van der Waals surface area contributed by atoms with Gasteiger partial charge in [-0.3, -0.25) is 9.80 Å². The third-order valence-electron chi connectivity index (χ3n) is 6.65. The van der Waals surface area contributed by atoms with Gasteiger partial charge in [0, 0.05) is 31.7 Å². The molecule has 1 atom stereocenters. The second-order valence-electron chi connectivity index (χ2n) is 8.11. The standard InChI is InChI=1S/C23H28N2/c1-4-9-21-16-25(13-11-18(21)6-1)22-10-5-12-24(17-22)23-14-19-7-2-3-8-20(19)15-23/h1-4,6-9,22-23H,5,10-17H2. The molecule has 0 N–H and O–H groups in total. The summed E-state index contributed by atoms with van der Waals surface area (Å²) in [6.45, 7) is 4.94. The average Bonchev–Trinajstić information content (AvgIpc) is 3.12. The Morgan fingerprint density at radius 1 is 0.680 bits per heavy atom. The summed E-state index contributed by atoms with van der Waals surface area (Å²) in [5, 5.41) is 0. The smallest absolute Gasteiger partial charge is 0.0240 e. The number of hydrogen-bond acceptors (Lipinski definition) is 2. The van der Waals surface area contributed by atoms with Crippen molar-refractivity contribution in [3.8, 4) is 0 Å². The van der Waals surface area contributed by atoms with Crippen LogP contribution in [0.3, 0.4) is 0 Å². The molecule has 2 aromatic rings. The van der Waals surface area contributed by atoms with Crippen LogP contribution in [0.4, 0.5) is 0 Å². The van der Waals surface area contributed by atoms with Crippen molar-refractivity contribution in [1.29, 1.82) is 0 Å². The first-order chi connectivity index (χ1) is 12.4. The zero-order valence-corrected chi connectivity index (χ0v) is 15.0. The van der Waals surface area contributed by atoms with Crippen LogP contribution >= 0.6 is 0 Å². The van der Waals surface area contributed by atoms with E-state index < -0.39 is 0 Å². The van der Waals surface area contributed by atoms with Crippen LogP contribution in [0.1, 0.15) is 35.1 Å². The van der Waals surface area contributed by atoms with Gasteiger partial charge in [-0.05, 0) is 60.9 Å². The third-order valence-corrected chi connectivity index (χ3v) is 6.65. The Hall–Kier alpha value is -1.64. The second kappa shape index (κ2) is 6.59. The van der Waals surface area contributed by atoms with Crippen molar-refractivity contribution in [2.45, 2.75) is 50.7 Å². The predicted octanol–water partition coefficient (Wildman–Crippen LogP) is 3.68. The zero-order valence-electron chi connectivity index (χ0n) is 15.0. The summed E-state index contributed by atoms with van der Waals surface area (Å²) < 4.78 is 0. The molecule has 130 valence electrons. The molecule has 2 aliphatic heterocycles. The van der Waals surface area contributed by atoms with Crippen molar-refractivity contribution in [1.82, 2.24) is 9.80 Å². The van der Waals surface area contributed by atoms with E-state index in [1.165, 1.54) is 51.7 Å². The van der Waals surface area contributed by atoms with Crippen molar-refractivity contribution in [3.05, 3.63) is 70.8 Å². The molecule has 2 heterocycles. The van der Waals surface area contributed by atoms with Crippen LogP contribution in [0.5, 0.6) is 0 Å². The minimum absolute atomic E-state index is 0.734. The molecular weight excluding hydrogens is 304 g/mol. The molecule has 2 nitrogen and oxygen atoms in total. The van der Waals surface area contributed by atoms with Crippen LogP contribution in [-0.4, -0.2) is 41.5 Å². The SMILES string of the molecule is c1ccc2c(c1)CCN(C1CCCN(C3Cc4ccccc4C3)C1)C2. The van der Waals surface area contributed by atoms with Crippen LogP contribution in [-0.2, 0) is 25.8 Å². The van der Waals surface area contributed by atoms with E-state index in [9.17, 15) is 0 Å². The largest absolute Gasteiger partial charge is 0.298 e. The topological polar surface area (TPSA) is 6.48 Å².